The topological polar surface area (TPSA) is 55.8 Å². The van der Waals surface area contributed by atoms with Gasteiger partial charge in [-0.05, 0) is 79.5 Å². The molecule has 0 bridgehead atoms. The number of hydrogen-bond acceptors (Lipinski definition) is 4. The molecule has 1 aromatic rings. The highest BCUT2D eigenvalue weighted by atomic mass is 16.7. The van der Waals surface area contributed by atoms with Gasteiger partial charge in [0.25, 0.3) is 0 Å². The molecule has 3 aliphatic carbocycles. The Morgan fingerprint density at radius 3 is 2.88 bits per heavy atom. The van der Waals surface area contributed by atoms with Crippen LogP contribution in [0.5, 0.6) is 5.75 Å². The van der Waals surface area contributed by atoms with E-state index in [0.717, 1.165) is 32.1 Å². The van der Waals surface area contributed by atoms with Crippen molar-refractivity contribution in [3.8, 4) is 5.75 Å². The van der Waals surface area contributed by atoms with Gasteiger partial charge in [0.2, 0.25) is 0 Å². The molecule has 4 rings (SSSR count). The summed E-state index contributed by atoms with van der Waals surface area (Å²) < 4.78 is 10.3. The first-order valence-electron chi connectivity index (χ1n) is 9.09. The minimum Gasteiger partial charge on any atom is -0.508 e. The van der Waals surface area contributed by atoms with E-state index >= 15 is 0 Å². The van der Waals surface area contributed by atoms with Crippen molar-refractivity contribution in [1.29, 1.82) is 0 Å². The monoisotopic (exact) mass is 330 g/mol. The summed E-state index contributed by atoms with van der Waals surface area (Å²) >= 11 is 0. The van der Waals surface area contributed by atoms with Crippen LogP contribution in [0.15, 0.2) is 18.2 Å². The zero-order chi connectivity index (χ0) is 16.9. The third-order valence-electron chi connectivity index (χ3n) is 7.03. The summed E-state index contributed by atoms with van der Waals surface area (Å²) in [7, 11) is 1.38. The molecular formula is C20H26O4. The van der Waals surface area contributed by atoms with E-state index in [4.69, 9.17) is 9.47 Å². The minimum absolute atomic E-state index is 0.0166. The molecule has 130 valence electrons. The van der Waals surface area contributed by atoms with Crippen molar-refractivity contribution in [3.05, 3.63) is 29.3 Å². The molecule has 5 atom stereocenters. The fraction of sp³-hybridized carbons (Fsp3) is 0.650. The highest BCUT2D eigenvalue weighted by Crippen LogP contribution is 2.61. The van der Waals surface area contributed by atoms with E-state index in [1.54, 1.807) is 0 Å². The van der Waals surface area contributed by atoms with Crippen molar-refractivity contribution in [1.82, 2.24) is 0 Å². The summed E-state index contributed by atoms with van der Waals surface area (Å²) in [4.78, 5) is 11.6. The summed E-state index contributed by atoms with van der Waals surface area (Å²) in [6.45, 7) is 2.31. The number of hydrogen-bond donors (Lipinski definition) is 1. The number of ether oxygens (including phenoxy) is 2. The van der Waals surface area contributed by atoms with Crippen molar-refractivity contribution in [3.63, 3.8) is 0 Å². The van der Waals surface area contributed by atoms with Gasteiger partial charge in [-0.2, -0.15) is 0 Å². The number of carbonyl (C=O) groups excluding carboxylic acids is 1. The van der Waals surface area contributed by atoms with Crippen LogP contribution in [0, 0.1) is 17.3 Å². The molecule has 4 nitrogen and oxygen atoms in total. The Kier molecular flexibility index (Phi) is 3.74. The Morgan fingerprint density at radius 2 is 2.08 bits per heavy atom. The number of rotatable bonds is 1. The summed E-state index contributed by atoms with van der Waals surface area (Å²) in [5.74, 6) is 2.23. The van der Waals surface area contributed by atoms with Crippen LogP contribution >= 0.6 is 0 Å². The van der Waals surface area contributed by atoms with Gasteiger partial charge in [0.1, 0.15) is 11.9 Å². The largest absolute Gasteiger partial charge is 0.508 e. The van der Waals surface area contributed by atoms with Crippen LogP contribution in [0.4, 0.5) is 4.79 Å². The maximum absolute atomic E-state index is 11.6. The smallest absolute Gasteiger partial charge is 0.508 e. The molecule has 24 heavy (non-hydrogen) atoms. The number of fused-ring (bicyclic) bond motifs is 5. The molecule has 0 aromatic heterocycles. The number of carbonyl (C=O) groups is 1. The van der Waals surface area contributed by atoms with E-state index in [9.17, 15) is 9.90 Å². The van der Waals surface area contributed by atoms with Crippen molar-refractivity contribution >= 4 is 6.16 Å². The van der Waals surface area contributed by atoms with Gasteiger partial charge in [-0.3, -0.25) is 0 Å². The molecule has 0 amide bonds. The quantitative estimate of drug-likeness (QED) is 0.775. The van der Waals surface area contributed by atoms with Gasteiger partial charge in [-0.15, -0.1) is 0 Å². The first kappa shape index (κ1) is 15.8. The van der Waals surface area contributed by atoms with Crippen LogP contribution < -0.4 is 0 Å². The Hall–Kier alpha value is -1.71. The van der Waals surface area contributed by atoms with Gasteiger partial charge < -0.3 is 14.6 Å². The molecule has 0 spiro atoms. The maximum Gasteiger partial charge on any atom is 0.508 e. The second kappa shape index (κ2) is 5.68. The van der Waals surface area contributed by atoms with Crippen LogP contribution in [0.25, 0.3) is 0 Å². The normalized spacial score (nSPS) is 37.1. The lowest BCUT2D eigenvalue weighted by molar-refractivity contribution is -0.0500. The Labute approximate surface area is 143 Å². The number of benzene rings is 1. The van der Waals surface area contributed by atoms with Crippen LogP contribution in [0.1, 0.15) is 56.1 Å². The van der Waals surface area contributed by atoms with E-state index < -0.39 is 6.16 Å². The lowest BCUT2D eigenvalue weighted by Gasteiger charge is -2.50. The van der Waals surface area contributed by atoms with Crippen LogP contribution in [0.2, 0.25) is 0 Å². The molecule has 0 aliphatic heterocycles. The highest BCUT2D eigenvalue weighted by Gasteiger charge is 2.56. The summed E-state index contributed by atoms with van der Waals surface area (Å²) in [5, 5.41) is 9.76. The van der Waals surface area contributed by atoms with Gasteiger partial charge in [0.15, 0.2) is 0 Å². The number of aromatic hydroxyl groups is 1. The first-order chi connectivity index (χ1) is 11.5. The molecule has 3 unspecified atom stereocenters. The van der Waals surface area contributed by atoms with Gasteiger partial charge in [0.05, 0.1) is 7.11 Å². The number of aryl methyl sites for hydroxylation is 1. The predicted octanol–water partition coefficient (Wildman–Crippen LogP) is 4.40. The molecule has 3 aliphatic rings. The van der Waals surface area contributed by atoms with E-state index in [2.05, 4.69) is 13.0 Å². The van der Waals surface area contributed by atoms with Crippen LogP contribution in [-0.4, -0.2) is 24.5 Å². The highest BCUT2D eigenvalue weighted by molar-refractivity contribution is 5.60. The molecule has 0 saturated heterocycles. The third-order valence-corrected chi connectivity index (χ3v) is 7.03. The summed E-state index contributed by atoms with van der Waals surface area (Å²) in [6.07, 6.45) is 5.95. The SMILES string of the molecule is COC(=O)O[C@H]1CCC2C3CCc4cc(O)ccc4C3CC[C@@]21C. The van der Waals surface area contributed by atoms with Gasteiger partial charge in [-0.1, -0.05) is 13.0 Å². The van der Waals surface area contributed by atoms with Crippen molar-refractivity contribution in [2.24, 2.45) is 17.3 Å². The van der Waals surface area contributed by atoms with Crippen molar-refractivity contribution in [2.45, 2.75) is 57.5 Å². The van der Waals surface area contributed by atoms with E-state index in [1.165, 1.54) is 24.7 Å². The van der Waals surface area contributed by atoms with Crippen LogP contribution in [-0.2, 0) is 15.9 Å². The van der Waals surface area contributed by atoms with Crippen molar-refractivity contribution in [2.75, 3.05) is 7.11 Å². The Balaban J connectivity index is 1.60. The molecule has 2 fully saturated rings. The minimum atomic E-state index is -0.548. The maximum atomic E-state index is 11.6. The average molecular weight is 330 g/mol. The number of methoxy groups -OCH3 is 1. The van der Waals surface area contributed by atoms with E-state index in [1.807, 2.05) is 12.1 Å². The fourth-order valence-electron chi connectivity index (χ4n) is 5.88. The Morgan fingerprint density at radius 1 is 1.25 bits per heavy atom. The van der Waals surface area contributed by atoms with Crippen molar-refractivity contribution < 1.29 is 19.4 Å². The van der Waals surface area contributed by atoms with Crippen LogP contribution in [0.3, 0.4) is 0 Å². The summed E-state index contributed by atoms with van der Waals surface area (Å²) in [5.41, 5.74) is 2.83. The van der Waals surface area contributed by atoms with E-state index in [-0.39, 0.29) is 11.5 Å². The third kappa shape index (κ3) is 2.30. The molecule has 1 N–H and O–H groups in total. The number of phenolic OH excluding ortho intramolecular Hbond substituents is 1. The first-order valence-corrected chi connectivity index (χ1v) is 9.09. The second-order valence-corrected chi connectivity index (χ2v) is 7.98. The Bertz CT molecular complexity index is 655. The lowest BCUT2D eigenvalue weighted by atomic mass is 9.55. The molecule has 2 saturated carbocycles. The lowest BCUT2D eigenvalue weighted by Crippen LogP contribution is -2.45. The zero-order valence-corrected chi connectivity index (χ0v) is 14.5. The predicted molar refractivity (Wildman–Crippen MR) is 90.0 cm³/mol. The second-order valence-electron chi connectivity index (χ2n) is 7.98. The average Bonchev–Trinajstić information content (AvgIpc) is 2.90. The molecule has 1 aromatic carbocycles. The van der Waals surface area contributed by atoms with Gasteiger partial charge >= 0.3 is 6.16 Å². The standard InChI is InChI=1S/C20H26O4/c1-20-10-9-15-14-6-4-13(21)11-12(14)3-5-16(15)17(20)7-8-18(20)24-19(22)23-2/h4,6,11,15-18,21H,3,5,7-10H2,1-2H3/t15?,16?,17?,18-,20-/m0/s1. The molecule has 0 heterocycles. The molecule has 4 heteroatoms. The van der Waals surface area contributed by atoms with Gasteiger partial charge in [-0.25, -0.2) is 4.79 Å². The zero-order valence-electron chi connectivity index (χ0n) is 14.5. The number of phenols is 1. The summed E-state index contributed by atoms with van der Waals surface area (Å²) in [6, 6.07) is 5.89. The molecular weight excluding hydrogens is 304 g/mol. The fourth-order valence-corrected chi connectivity index (χ4v) is 5.88. The van der Waals surface area contributed by atoms with Gasteiger partial charge in [0, 0.05) is 5.41 Å². The van der Waals surface area contributed by atoms with E-state index in [0.29, 0.717) is 23.5 Å². The molecule has 0 radical (unpaired) electrons.